The van der Waals surface area contributed by atoms with Crippen LogP contribution in [-0.2, 0) is 14.3 Å². The SMILES string of the molecule is CCCCCCCCCCCCCCOS(=O)(=O)CCCCCCCCC. The fraction of sp³-hybridized carbons (Fsp3) is 1.00. The number of rotatable bonds is 22. The summed E-state index contributed by atoms with van der Waals surface area (Å²) in [6.45, 7) is 4.84. The van der Waals surface area contributed by atoms with Gasteiger partial charge in [-0.05, 0) is 12.8 Å². The molecule has 0 aliphatic rings. The number of hydrogen-bond acceptors (Lipinski definition) is 3. The summed E-state index contributed by atoms with van der Waals surface area (Å²) in [5.41, 5.74) is 0. The molecule has 0 rings (SSSR count). The summed E-state index contributed by atoms with van der Waals surface area (Å²) in [6.07, 6.45) is 23.3. The van der Waals surface area contributed by atoms with Gasteiger partial charge in [-0.2, -0.15) is 8.42 Å². The third-order valence-corrected chi connectivity index (χ3v) is 6.57. The Balaban J connectivity index is 3.30. The topological polar surface area (TPSA) is 43.4 Å². The molecule has 0 spiro atoms. The summed E-state index contributed by atoms with van der Waals surface area (Å²) >= 11 is 0. The molecule has 0 aromatic heterocycles. The first-order chi connectivity index (χ1) is 13.1. The predicted octanol–water partition coefficient (Wildman–Crippen LogP) is 7.78. The molecule has 0 amide bonds. The van der Waals surface area contributed by atoms with Crippen molar-refractivity contribution in [3.05, 3.63) is 0 Å². The maximum atomic E-state index is 11.8. The van der Waals surface area contributed by atoms with E-state index in [-0.39, 0.29) is 5.75 Å². The van der Waals surface area contributed by atoms with Gasteiger partial charge in [0.15, 0.2) is 0 Å². The Bertz CT molecular complexity index is 379. The van der Waals surface area contributed by atoms with Crippen molar-refractivity contribution < 1.29 is 12.6 Å². The molecule has 0 aliphatic carbocycles. The summed E-state index contributed by atoms with van der Waals surface area (Å²) < 4.78 is 28.8. The van der Waals surface area contributed by atoms with Crippen LogP contribution in [0.4, 0.5) is 0 Å². The van der Waals surface area contributed by atoms with E-state index in [1.54, 1.807) is 0 Å². The van der Waals surface area contributed by atoms with Crippen molar-refractivity contribution in [3.8, 4) is 0 Å². The molecule has 0 unspecified atom stereocenters. The van der Waals surface area contributed by atoms with E-state index in [0.29, 0.717) is 6.61 Å². The van der Waals surface area contributed by atoms with Crippen LogP contribution < -0.4 is 0 Å². The summed E-state index contributed by atoms with van der Waals surface area (Å²) in [5, 5.41) is 0. The van der Waals surface area contributed by atoms with Gasteiger partial charge in [-0.1, -0.05) is 123 Å². The number of hydrogen-bond donors (Lipinski definition) is 0. The van der Waals surface area contributed by atoms with Crippen LogP contribution >= 0.6 is 0 Å². The van der Waals surface area contributed by atoms with Gasteiger partial charge in [0.25, 0.3) is 10.1 Å². The van der Waals surface area contributed by atoms with E-state index in [2.05, 4.69) is 13.8 Å². The fourth-order valence-corrected chi connectivity index (χ4v) is 4.47. The molecule has 0 saturated heterocycles. The minimum Gasteiger partial charge on any atom is -0.270 e. The van der Waals surface area contributed by atoms with Crippen LogP contribution in [0.1, 0.15) is 136 Å². The van der Waals surface area contributed by atoms with Crippen LogP contribution in [0.3, 0.4) is 0 Å². The molecule has 0 fully saturated rings. The maximum Gasteiger partial charge on any atom is 0.267 e. The lowest BCUT2D eigenvalue weighted by atomic mass is 10.1. The normalized spacial score (nSPS) is 11.9. The second-order valence-corrected chi connectivity index (χ2v) is 9.85. The standard InChI is InChI=1S/C23H48O3S/c1-3-5-7-9-11-12-13-14-15-16-18-20-22-26-27(24,25)23-21-19-17-10-8-6-4-2/h3-23H2,1-2H3. The molecule has 0 saturated carbocycles. The molecule has 0 radical (unpaired) electrons. The van der Waals surface area contributed by atoms with Gasteiger partial charge < -0.3 is 0 Å². The highest BCUT2D eigenvalue weighted by molar-refractivity contribution is 7.86. The third-order valence-electron chi connectivity index (χ3n) is 5.26. The van der Waals surface area contributed by atoms with Gasteiger partial charge in [0.05, 0.1) is 12.4 Å². The van der Waals surface area contributed by atoms with E-state index in [0.717, 1.165) is 32.1 Å². The zero-order chi connectivity index (χ0) is 20.1. The second kappa shape index (κ2) is 20.6. The summed E-state index contributed by atoms with van der Waals surface area (Å²) in [7, 11) is -3.29. The molecule has 0 N–H and O–H groups in total. The summed E-state index contributed by atoms with van der Waals surface area (Å²) in [6, 6.07) is 0. The van der Waals surface area contributed by atoms with Gasteiger partial charge in [0.1, 0.15) is 0 Å². The van der Waals surface area contributed by atoms with Crippen molar-refractivity contribution in [2.45, 2.75) is 136 Å². The highest BCUT2D eigenvalue weighted by Crippen LogP contribution is 2.12. The zero-order valence-electron chi connectivity index (χ0n) is 18.5. The third kappa shape index (κ3) is 22.1. The molecule has 4 heteroatoms. The Labute approximate surface area is 171 Å². The van der Waals surface area contributed by atoms with Crippen molar-refractivity contribution in [2.75, 3.05) is 12.4 Å². The van der Waals surface area contributed by atoms with E-state index >= 15 is 0 Å². The van der Waals surface area contributed by atoms with Crippen LogP contribution in [0.5, 0.6) is 0 Å². The van der Waals surface area contributed by atoms with Crippen LogP contribution in [0, 0.1) is 0 Å². The quantitative estimate of drug-likeness (QED) is 0.137. The van der Waals surface area contributed by atoms with E-state index in [1.165, 1.54) is 89.9 Å². The first-order valence-corrected chi connectivity index (χ1v) is 13.6. The van der Waals surface area contributed by atoms with Gasteiger partial charge in [-0.15, -0.1) is 0 Å². The van der Waals surface area contributed by atoms with Crippen molar-refractivity contribution in [3.63, 3.8) is 0 Å². The summed E-state index contributed by atoms with van der Waals surface area (Å²) in [5.74, 6) is 0.193. The lowest BCUT2D eigenvalue weighted by molar-refractivity contribution is 0.305. The predicted molar refractivity (Wildman–Crippen MR) is 119 cm³/mol. The highest BCUT2D eigenvalue weighted by Gasteiger charge is 2.10. The van der Waals surface area contributed by atoms with Crippen molar-refractivity contribution in [2.24, 2.45) is 0 Å². The molecule has 0 aromatic rings. The minimum absolute atomic E-state index is 0.193. The molecule has 0 aliphatic heterocycles. The first-order valence-electron chi connectivity index (χ1n) is 12.0. The van der Waals surface area contributed by atoms with Gasteiger partial charge in [0, 0.05) is 0 Å². The average Bonchev–Trinajstić information content (AvgIpc) is 2.64. The number of unbranched alkanes of at least 4 members (excludes halogenated alkanes) is 17. The van der Waals surface area contributed by atoms with Crippen LogP contribution in [-0.4, -0.2) is 20.8 Å². The van der Waals surface area contributed by atoms with Crippen LogP contribution in [0.25, 0.3) is 0 Å². The van der Waals surface area contributed by atoms with Crippen molar-refractivity contribution >= 4 is 10.1 Å². The van der Waals surface area contributed by atoms with E-state index < -0.39 is 10.1 Å². The van der Waals surface area contributed by atoms with Gasteiger partial charge >= 0.3 is 0 Å². The van der Waals surface area contributed by atoms with Gasteiger partial charge in [-0.3, -0.25) is 4.18 Å². The average molecular weight is 405 g/mol. The Kier molecular flexibility index (Phi) is 20.6. The monoisotopic (exact) mass is 404 g/mol. The Morgan fingerprint density at radius 1 is 0.481 bits per heavy atom. The minimum atomic E-state index is -3.29. The fourth-order valence-electron chi connectivity index (χ4n) is 3.42. The van der Waals surface area contributed by atoms with Crippen molar-refractivity contribution in [1.82, 2.24) is 0 Å². The Morgan fingerprint density at radius 3 is 1.22 bits per heavy atom. The van der Waals surface area contributed by atoms with Gasteiger partial charge in [-0.25, -0.2) is 0 Å². The van der Waals surface area contributed by atoms with Crippen LogP contribution in [0.2, 0.25) is 0 Å². The molecule has 164 valence electrons. The molecular weight excluding hydrogens is 356 g/mol. The Morgan fingerprint density at radius 2 is 0.815 bits per heavy atom. The zero-order valence-corrected chi connectivity index (χ0v) is 19.3. The second-order valence-electron chi connectivity index (χ2n) is 8.09. The molecule has 0 heterocycles. The van der Waals surface area contributed by atoms with Gasteiger partial charge in [0.2, 0.25) is 0 Å². The lowest BCUT2D eigenvalue weighted by Gasteiger charge is -2.06. The maximum absolute atomic E-state index is 11.8. The first kappa shape index (κ1) is 26.9. The molecule has 0 bridgehead atoms. The Hall–Kier alpha value is -0.0900. The summed E-state index contributed by atoms with van der Waals surface area (Å²) in [4.78, 5) is 0. The van der Waals surface area contributed by atoms with E-state index in [1.807, 2.05) is 0 Å². The van der Waals surface area contributed by atoms with Crippen LogP contribution in [0.15, 0.2) is 0 Å². The van der Waals surface area contributed by atoms with E-state index in [4.69, 9.17) is 4.18 Å². The van der Waals surface area contributed by atoms with Crippen molar-refractivity contribution in [1.29, 1.82) is 0 Å². The largest absolute Gasteiger partial charge is 0.270 e. The molecule has 27 heavy (non-hydrogen) atoms. The lowest BCUT2D eigenvalue weighted by Crippen LogP contribution is -2.11. The molecule has 3 nitrogen and oxygen atoms in total. The highest BCUT2D eigenvalue weighted by atomic mass is 32.2. The molecule has 0 atom stereocenters. The molecule has 0 aromatic carbocycles. The molecular formula is C23H48O3S. The smallest absolute Gasteiger partial charge is 0.267 e. The van der Waals surface area contributed by atoms with E-state index in [9.17, 15) is 8.42 Å².